The Hall–Kier alpha value is -0.840. The van der Waals surface area contributed by atoms with Crippen LogP contribution in [-0.4, -0.2) is 9.59 Å². The van der Waals surface area contributed by atoms with Crippen LogP contribution in [0.3, 0.4) is 0 Å². The molecule has 0 radical (unpaired) electrons. The summed E-state index contributed by atoms with van der Waals surface area (Å²) in [5.74, 6) is 1.15. The van der Waals surface area contributed by atoms with E-state index in [0.717, 1.165) is 33.4 Å². The van der Waals surface area contributed by atoms with Crippen molar-refractivity contribution in [2.24, 2.45) is 0 Å². The highest BCUT2D eigenvalue weighted by atomic mass is 35.5. The first-order chi connectivity index (χ1) is 8.99. The third-order valence-corrected chi connectivity index (χ3v) is 4.10. The molecule has 0 saturated carbocycles. The summed E-state index contributed by atoms with van der Waals surface area (Å²) in [5, 5.41) is 4.69. The summed E-state index contributed by atoms with van der Waals surface area (Å²) >= 11 is 13.3. The molecule has 3 nitrogen and oxygen atoms in total. The average Bonchev–Trinajstić information content (AvgIpc) is 2.73. The van der Waals surface area contributed by atoms with E-state index in [1.807, 2.05) is 19.1 Å². The number of benzene rings is 1. The van der Waals surface area contributed by atoms with Crippen LogP contribution in [0.25, 0.3) is 0 Å². The van der Waals surface area contributed by atoms with E-state index in [4.69, 9.17) is 27.9 Å². The van der Waals surface area contributed by atoms with Gasteiger partial charge in [0.2, 0.25) is 0 Å². The van der Waals surface area contributed by atoms with Gasteiger partial charge in [-0.15, -0.1) is 5.10 Å². The minimum Gasteiger partial charge on any atom is -0.487 e. The van der Waals surface area contributed by atoms with Crippen molar-refractivity contribution >= 4 is 34.7 Å². The third-order valence-electron chi connectivity index (χ3n) is 2.79. The lowest BCUT2D eigenvalue weighted by molar-refractivity contribution is 0.299. The summed E-state index contributed by atoms with van der Waals surface area (Å²) in [7, 11) is 0. The lowest BCUT2D eigenvalue weighted by Gasteiger charge is -2.14. The highest BCUT2D eigenvalue weighted by Crippen LogP contribution is 2.32. The van der Waals surface area contributed by atoms with Gasteiger partial charge in [-0.2, -0.15) is 0 Å². The van der Waals surface area contributed by atoms with E-state index in [0.29, 0.717) is 22.6 Å². The number of hydrogen-bond acceptors (Lipinski definition) is 4. The predicted molar refractivity (Wildman–Crippen MR) is 79.5 cm³/mol. The first-order valence-electron chi connectivity index (χ1n) is 5.88. The lowest BCUT2D eigenvalue weighted by Crippen LogP contribution is -2.00. The van der Waals surface area contributed by atoms with Crippen molar-refractivity contribution < 1.29 is 4.74 Å². The van der Waals surface area contributed by atoms with Crippen molar-refractivity contribution in [3.8, 4) is 5.75 Å². The largest absolute Gasteiger partial charge is 0.487 e. The van der Waals surface area contributed by atoms with Crippen molar-refractivity contribution in [2.45, 2.75) is 33.3 Å². The fourth-order valence-electron chi connectivity index (χ4n) is 1.70. The molecule has 0 bridgehead atoms. The van der Waals surface area contributed by atoms with E-state index in [9.17, 15) is 0 Å². The van der Waals surface area contributed by atoms with Crippen LogP contribution >= 0.6 is 34.7 Å². The van der Waals surface area contributed by atoms with Crippen molar-refractivity contribution in [1.29, 1.82) is 0 Å². The fraction of sp³-hybridized carbons (Fsp3) is 0.385. The van der Waals surface area contributed by atoms with Crippen LogP contribution in [0.2, 0.25) is 9.36 Å². The van der Waals surface area contributed by atoms with Crippen LogP contribution in [0.15, 0.2) is 12.1 Å². The summed E-state index contributed by atoms with van der Waals surface area (Å²) in [5.41, 5.74) is 2.73. The summed E-state index contributed by atoms with van der Waals surface area (Å²) in [6.07, 6.45) is 0. The number of aromatic nitrogens is 2. The minimum absolute atomic E-state index is 0.315. The van der Waals surface area contributed by atoms with Gasteiger partial charge < -0.3 is 4.74 Å². The molecule has 0 aliphatic heterocycles. The highest BCUT2D eigenvalue weighted by Gasteiger charge is 2.12. The van der Waals surface area contributed by atoms with Crippen LogP contribution in [0.4, 0.5) is 0 Å². The molecule has 2 aromatic rings. The van der Waals surface area contributed by atoms with E-state index in [1.165, 1.54) is 0 Å². The maximum Gasteiger partial charge on any atom is 0.141 e. The van der Waals surface area contributed by atoms with E-state index < -0.39 is 0 Å². The Morgan fingerprint density at radius 2 is 2.05 bits per heavy atom. The number of hydrogen-bond donors (Lipinski definition) is 0. The van der Waals surface area contributed by atoms with E-state index in [-0.39, 0.29) is 0 Å². The summed E-state index contributed by atoms with van der Waals surface area (Å²) in [6.45, 7) is 6.48. The minimum atomic E-state index is 0.315. The smallest absolute Gasteiger partial charge is 0.141 e. The molecule has 6 heteroatoms. The van der Waals surface area contributed by atoms with Crippen molar-refractivity contribution in [1.82, 2.24) is 9.59 Å². The fourth-order valence-corrected chi connectivity index (χ4v) is 2.73. The second-order valence-electron chi connectivity index (χ2n) is 4.58. The zero-order chi connectivity index (χ0) is 14.0. The van der Waals surface area contributed by atoms with Gasteiger partial charge in [-0.3, -0.25) is 0 Å². The van der Waals surface area contributed by atoms with Gasteiger partial charge in [0.15, 0.2) is 0 Å². The normalized spacial score (nSPS) is 11.1. The Bertz CT molecular complexity index is 584. The van der Waals surface area contributed by atoms with Gasteiger partial charge in [-0.05, 0) is 36.1 Å². The molecule has 0 spiro atoms. The Morgan fingerprint density at radius 1 is 1.32 bits per heavy atom. The van der Waals surface area contributed by atoms with E-state index >= 15 is 0 Å². The van der Waals surface area contributed by atoms with Crippen LogP contribution < -0.4 is 4.74 Å². The quantitative estimate of drug-likeness (QED) is 0.808. The van der Waals surface area contributed by atoms with E-state index in [2.05, 4.69) is 23.4 Å². The number of aryl methyl sites for hydroxylation is 1. The Labute approximate surface area is 126 Å². The van der Waals surface area contributed by atoms with Crippen LogP contribution in [0.5, 0.6) is 5.75 Å². The molecule has 0 saturated heterocycles. The third kappa shape index (κ3) is 3.38. The van der Waals surface area contributed by atoms with Crippen LogP contribution in [0, 0.1) is 6.92 Å². The molecule has 1 heterocycles. The molecule has 0 amide bonds. The Balaban J connectivity index is 2.20. The van der Waals surface area contributed by atoms with Gasteiger partial charge in [0.25, 0.3) is 0 Å². The summed E-state index contributed by atoms with van der Waals surface area (Å²) < 4.78 is 10.1. The van der Waals surface area contributed by atoms with Gasteiger partial charge in [-0.25, -0.2) is 0 Å². The van der Waals surface area contributed by atoms with Gasteiger partial charge in [-0.1, -0.05) is 41.5 Å². The topological polar surface area (TPSA) is 35.0 Å². The molecule has 0 atom stereocenters. The van der Waals surface area contributed by atoms with Gasteiger partial charge >= 0.3 is 0 Å². The molecule has 2 rings (SSSR count). The number of rotatable bonds is 4. The average molecular weight is 317 g/mol. The van der Waals surface area contributed by atoms with E-state index in [1.54, 1.807) is 0 Å². The van der Waals surface area contributed by atoms with Crippen molar-refractivity contribution in [3.05, 3.63) is 38.3 Å². The predicted octanol–water partition coefficient (Wildman–Crippen LogP) is 4.86. The molecule has 0 fully saturated rings. The van der Waals surface area contributed by atoms with Crippen LogP contribution in [-0.2, 0) is 6.61 Å². The maximum absolute atomic E-state index is 6.22. The first-order valence-corrected chi connectivity index (χ1v) is 7.41. The molecule has 1 aromatic carbocycles. The van der Waals surface area contributed by atoms with Gasteiger partial charge in [0.05, 0.1) is 0 Å². The molecule has 19 heavy (non-hydrogen) atoms. The van der Waals surface area contributed by atoms with Crippen molar-refractivity contribution in [3.63, 3.8) is 0 Å². The van der Waals surface area contributed by atoms with Crippen molar-refractivity contribution in [2.75, 3.05) is 0 Å². The molecule has 102 valence electrons. The molecule has 0 N–H and O–H groups in total. The Kier molecular flexibility index (Phi) is 4.66. The standard InChI is InChI=1S/C13H14Cl2N2OS/c1-7(2)9-5-12(8(3)4-10(9)14)18-6-11-13(15)19-17-16-11/h4-5,7H,6H2,1-3H3. The summed E-state index contributed by atoms with van der Waals surface area (Å²) in [6, 6.07) is 3.91. The zero-order valence-electron chi connectivity index (χ0n) is 10.9. The summed E-state index contributed by atoms with van der Waals surface area (Å²) in [4.78, 5) is 0. The molecule has 0 aliphatic rings. The number of halogens is 2. The number of nitrogens with zero attached hydrogens (tertiary/aromatic N) is 2. The molecular weight excluding hydrogens is 303 g/mol. The highest BCUT2D eigenvalue weighted by molar-refractivity contribution is 7.10. The first kappa shape index (κ1) is 14.6. The molecule has 1 aromatic heterocycles. The second kappa shape index (κ2) is 6.07. The second-order valence-corrected chi connectivity index (χ2v) is 6.34. The SMILES string of the molecule is Cc1cc(Cl)c(C(C)C)cc1OCc1nnsc1Cl. The molecular formula is C13H14Cl2N2OS. The monoisotopic (exact) mass is 316 g/mol. The maximum atomic E-state index is 6.22. The van der Waals surface area contributed by atoms with Crippen LogP contribution in [0.1, 0.15) is 36.6 Å². The molecule has 0 unspecified atom stereocenters. The number of ether oxygens (including phenoxy) is 1. The lowest BCUT2D eigenvalue weighted by atomic mass is 10.0. The van der Waals surface area contributed by atoms with Gasteiger partial charge in [0, 0.05) is 16.6 Å². The zero-order valence-corrected chi connectivity index (χ0v) is 13.2. The Morgan fingerprint density at radius 3 is 2.63 bits per heavy atom. The molecule has 0 aliphatic carbocycles. The van der Waals surface area contributed by atoms with Gasteiger partial charge in [0.1, 0.15) is 22.4 Å².